The summed E-state index contributed by atoms with van der Waals surface area (Å²) in [5.41, 5.74) is -0.326. The normalized spacial score (nSPS) is 15.2. The van der Waals surface area contributed by atoms with Crippen LogP contribution in [0.25, 0.3) is 0 Å². The van der Waals surface area contributed by atoms with Gasteiger partial charge in [-0.2, -0.15) is 0 Å². The fourth-order valence-electron chi connectivity index (χ4n) is 1.81. The Morgan fingerprint density at radius 3 is 2.65 bits per heavy atom. The summed E-state index contributed by atoms with van der Waals surface area (Å²) >= 11 is 2.92. The van der Waals surface area contributed by atoms with Crippen LogP contribution >= 0.6 is 15.9 Å². The highest BCUT2D eigenvalue weighted by molar-refractivity contribution is 9.10. The molecule has 5 nitrogen and oxygen atoms in total. The standard InChI is InChI=1S/C12H14BrFN2O3S/c13-9-6-10(14)8(5-11(9)20(15,18)19)12(17)16-4-3-7-1-2-7/h5-7H,1-4H2,(H,16,17)(H2,15,18,19). The summed E-state index contributed by atoms with van der Waals surface area (Å²) in [4.78, 5) is 11.5. The number of nitrogens with two attached hydrogens (primary N) is 1. The quantitative estimate of drug-likeness (QED) is 0.833. The third-order valence-electron chi connectivity index (χ3n) is 3.11. The fraction of sp³-hybridized carbons (Fsp3) is 0.417. The Morgan fingerprint density at radius 2 is 2.10 bits per heavy atom. The molecule has 1 aliphatic carbocycles. The molecule has 3 N–H and O–H groups in total. The molecule has 0 spiro atoms. The van der Waals surface area contributed by atoms with Crippen LogP contribution in [0.1, 0.15) is 29.6 Å². The van der Waals surface area contributed by atoms with Crippen molar-refractivity contribution in [1.29, 1.82) is 0 Å². The van der Waals surface area contributed by atoms with Gasteiger partial charge in [0.2, 0.25) is 10.0 Å². The zero-order valence-electron chi connectivity index (χ0n) is 10.5. The largest absolute Gasteiger partial charge is 0.352 e. The summed E-state index contributed by atoms with van der Waals surface area (Å²) in [6, 6.07) is 1.87. The molecule has 0 bridgehead atoms. The molecule has 0 radical (unpaired) electrons. The lowest BCUT2D eigenvalue weighted by Gasteiger charge is -2.09. The van der Waals surface area contributed by atoms with Gasteiger partial charge in [0.05, 0.1) is 10.5 Å². The van der Waals surface area contributed by atoms with Crippen LogP contribution in [0, 0.1) is 11.7 Å². The fourth-order valence-corrected chi connectivity index (χ4v) is 3.42. The average Bonchev–Trinajstić information content (AvgIpc) is 3.11. The number of sulfonamides is 1. The zero-order chi connectivity index (χ0) is 14.9. The Kier molecular flexibility index (Phi) is 4.46. The van der Waals surface area contributed by atoms with E-state index >= 15 is 0 Å². The highest BCUT2D eigenvalue weighted by atomic mass is 79.9. The second-order valence-corrected chi connectivity index (χ2v) is 7.18. The lowest BCUT2D eigenvalue weighted by Crippen LogP contribution is -2.26. The topological polar surface area (TPSA) is 89.3 Å². The van der Waals surface area contributed by atoms with Crippen LogP contribution in [0.4, 0.5) is 4.39 Å². The number of carbonyl (C=O) groups is 1. The summed E-state index contributed by atoms with van der Waals surface area (Å²) in [5.74, 6) is -0.793. The maximum Gasteiger partial charge on any atom is 0.254 e. The van der Waals surface area contributed by atoms with Crippen molar-refractivity contribution in [1.82, 2.24) is 5.32 Å². The Labute approximate surface area is 124 Å². The molecule has 0 aromatic heterocycles. The molecule has 1 amide bonds. The summed E-state index contributed by atoms with van der Waals surface area (Å²) in [6.07, 6.45) is 3.18. The molecule has 8 heteroatoms. The number of rotatable bonds is 5. The van der Waals surface area contributed by atoms with Gasteiger partial charge in [-0.25, -0.2) is 17.9 Å². The van der Waals surface area contributed by atoms with Crippen LogP contribution in [0.15, 0.2) is 21.5 Å². The molecular formula is C12H14BrFN2O3S. The first-order valence-electron chi connectivity index (χ1n) is 6.09. The van der Waals surface area contributed by atoms with Crippen molar-refractivity contribution in [3.05, 3.63) is 28.0 Å². The van der Waals surface area contributed by atoms with Crippen LogP contribution in [-0.4, -0.2) is 20.9 Å². The average molecular weight is 365 g/mol. The van der Waals surface area contributed by atoms with Gasteiger partial charge < -0.3 is 5.32 Å². The van der Waals surface area contributed by atoms with Gasteiger partial charge in [0.15, 0.2) is 0 Å². The van der Waals surface area contributed by atoms with Crippen LogP contribution in [0.3, 0.4) is 0 Å². The second-order valence-electron chi connectivity index (χ2n) is 4.80. The van der Waals surface area contributed by atoms with E-state index in [2.05, 4.69) is 21.2 Å². The molecule has 0 saturated heterocycles. The lowest BCUT2D eigenvalue weighted by atomic mass is 10.2. The monoisotopic (exact) mass is 364 g/mol. The van der Waals surface area contributed by atoms with Crippen LogP contribution in [0.2, 0.25) is 0 Å². The number of halogens is 2. The molecule has 1 aromatic carbocycles. The highest BCUT2D eigenvalue weighted by Crippen LogP contribution is 2.31. The number of hydrogen-bond donors (Lipinski definition) is 2. The molecule has 1 fully saturated rings. The number of carbonyl (C=O) groups excluding carboxylic acids is 1. The lowest BCUT2D eigenvalue weighted by molar-refractivity contribution is 0.0948. The third kappa shape index (κ3) is 3.77. The van der Waals surface area contributed by atoms with Gasteiger partial charge in [0.1, 0.15) is 5.82 Å². The maximum atomic E-state index is 13.7. The van der Waals surface area contributed by atoms with Crippen molar-refractivity contribution in [3.63, 3.8) is 0 Å². The van der Waals surface area contributed by atoms with Crippen molar-refractivity contribution in [2.45, 2.75) is 24.2 Å². The second kappa shape index (κ2) is 5.79. The van der Waals surface area contributed by atoms with Crippen molar-refractivity contribution >= 4 is 31.9 Å². The molecule has 1 aromatic rings. The minimum Gasteiger partial charge on any atom is -0.352 e. The van der Waals surface area contributed by atoms with Crippen LogP contribution in [0.5, 0.6) is 0 Å². The summed E-state index contributed by atoms with van der Waals surface area (Å²) in [6.45, 7) is 0.448. The predicted molar refractivity (Wildman–Crippen MR) is 75.1 cm³/mol. The first-order valence-corrected chi connectivity index (χ1v) is 8.43. The van der Waals surface area contributed by atoms with E-state index in [9.17, 15) is 17.6 Å². The van der Waals surface area contributed by atoms with E-state index < -0.39 is 21.7 Å². The number of benzene rings is 1. The number of nitrogens with one attached hydrogen (secondary N) is 1. The van der Waals surface area contributed by atoms with E-state index in [1.54, 1.807) is 0 Å². The van der Waals surface area contributed by atoms with E-state index in [1.807, 2.05) is 0 Å². The van der Waals surface area contributed by atoms with Crippen molar-refractivity contribution in [2.24, 2.45) is 11.1 Å². The number of amides is 1. The minimum atomic E-state index is -4.02. The van der Waals surface area contributed by atoms with Gasteiger partial charge in [-0.05, 0) is 40.4 Å². The summed E-state index contributed by atoms with van der Waals surface area (Å²) < 4.78 is 36.4. The molecule has 0 atom stereocenters. The smallest absolute Gasteiger partial charge is 0.254 e. The molecule has 20 heavy (non-hydrogen) atoms. The first-order chi connectivity index (χ1) is 9.29. The van der Waals surface area contributed by atoms with Gasteiger partial charge in [0, 0.05) is 11.0 Å². The summed E-state index contributed by atoms with van der Waals surface area (Å²) in [5, 5.41) is 7.59. The molecule has 0 aliphatic heterocycles. The molecule has 0 heterocycles. The van der Waals surface area contributed by atoms with Crippen molar-refractivity contribution in [3.8, 4) is 0 Å². The van der Waals surface area contributed by atoms with Gasteiger partial charge in [0.25, 0.3) is 5.91 Å². The van der Waals surface area contributed by atoms with E-state index in [1.165, 1.54) is 0 Å². The third-order valence-corrected chi connectivity index (χ3v) is 4.98. The van der Waals surface area contributed by atoms with Crippen molar-refractivity contribution < 1.29 is 17.6 Å². The Balaban J connectivity index is 2.19. The van der Waals surface area contributed by atoms with E-state index in [4.69, 9.17) is 5.14 Å². The Morgan fingerprint density at radius 1 is 1.45 bits per heavy atom. The number of hydrogen-bond acceptors (Lipinski definition) is 3. The molecule has 110 valence electrons. The van der Waals surface area contributed by atoms with Gasteiger partial charge in [-0.15, -0.1) is 0 Å². The van der Waals surface area contributed by atoms with E-state index in [0.29, 0.717) is 12.5 Å². The first kappa shape index (κ1) is 15.4. The zero-order valence-corrected chi connectivity index (χ0v) is 12.9. The molecule has 2 rings (SSSR count). The predicted octanol–water partition coefficient (Wildman–Crippen LogP) is 1.77. The molecule has 1 saturated carbocycles. The van der Waals surface area contributed by atoms with Gasteiger partial charge in [-0.1, -0.05) is 12.8 Å². The Bertz CT molecular complexity index is 644. The summed E-state index contributed by atoms with van der Waals surface area (Å²) in [7, 11) is -4.02. The van der Waals surface area contributed by atoms with Gasteiger partial charge in [-0.3, -0.25) is 4.79 Å². The Hall–Kier alpha value is -0.990. The van der Waals surface area contributed by atoms with E-state index in [0.717, 1.165) is 31.4 Å². The van der Waals surface area contributed by atoms with Crippen molar-refractivity contribution in [2.75, 3.05) is 6.54 Å². The van der Waals surface area contributed by atoms with Gasteiger partial charge >= 0.3 is 0 Å². The number of primary sulfonamides is 1. The minimum absolute atomic E-state index is 0.00738. The SMILES string of the molecule is NS(=O)(=O)c1cc(C(=O)NCCC2CC2)c(F)cc1Br. The molecule has 1 aliphatic rings. The highest BCUT2D eigenvalue weighted by Gasteiger charge is 2.22. The van der Waals surface area contributed by atoms with Crippen LogP contribution in [-0.2, 0) is 10.0 Å². The molecular weight excluding hydrogens is 351 g/mol. The molecule has 0 unspecified atom stereocenters. The maximum absolute atomic E-state index is 13.7. The van der Waals surface area contributed by atoms with Crippen LogP contribution < -0.4 is 10.5 Å². The van der Waals surface area contributed by atoms with E-state index in [-0.39, 0.29) is 14.9 Å².